The van der Waals surface area contributed by atoms with E-state index < -0.39 is 0 Å². The van der Waals surface area contributed by atoms with E-state index in [0.717, 1.165) is 12.1 Å². The van der Waals surface area contributed by atoms with Crippen LogP contribution in [0.3, 0.4) is 0 Å². The summed E-state index contributed by atoms with van der Waals surface area (Å²) in [5, 5.41) is 15.3. The summed E-state index contributed by atoms with van der Waals surface area (Å²) in [6.45, 7) is 0.804. The van der Waals surface area contributed by atoms with Crippen molar-refractivity contribution < 1.29 is 5.21 Å². The van der Waals surface area contributed by atoms with Crippen LogP contribution in [-0.4, -0.2) is 22.1 Å². The van der Waals surface area contributed by atoms with Crippen molar-refractivity contribution in [2.75, 3.05) is 0 Å². The highest BCUT2D eigenvalue weighted by Crippen LogP contribution is 2.17. The van der Waals surface area contributed by atoms with Gasteiger partial charge in [0.15, 0.2) is 5.84 Å². The molecule has 1 aliphatic rings. The Kier molecular flexibility index (Phi) is 5.80. The Labute approximate surface area is 120 Å². The average Bonchev–Trinajstić information content (AvgIpc) is 2.45. The van der Waals surface area contributed by atoms with Gasteiger partial charge in [0.25, 0.3) is 0 Å². The molecule has 1 aromatic rings. The summed E-state index contributed by atoms with van der Waals surface area (Å²) in [6, 6.07) is 4.44. The summed E-state index contributed by atoms with van der Waals surface area (Å²) in [7, 11) is 0. The third-order valence-corrected chi connectivity index (χ3v) is 3.89. The molecule has 0 aromatic carbocycles. The first-order chi connectivity index (χ1) is 9.79. The number of nitrogens with zero attached hydrogens (tertiary/aromatic N) is 2. The highest BCUT2D eigenvalue weighted by atomic mass is 16.4. The van der Waals surface area contributed by atoms with Crippen LogP contribution in [0.15, 0.2) is 23.5 Å². The molecule has 5 heteroatoms. The predicted octanol–water partition coefficient (Wildman–Crippen LogP) is 2.38. The molecule has 1 aliphatic carbocycles. The topological polar surface area (TPSA) is 83.5 Å². The lowest BCUT2D eigenvalue weighted by atomic mass is 9.96. The minimum atomic E-state index is 0.0535. The average molecular weight is 276 g/mol. The Bertz CT molecular complexity index is 439. The molecule has 20 heavy (non-hydrogen) atoms. The molecule has 110 valence electrons. The molecule has 0 spiro atoms. The maximum Gasteiger partial charge on any atom is 0.188 e. The van der Waals surface area contributed by atoms with E-state index in [-0.39, 0.29) is 5.84 Å². The molecule has 0 radical (unpaired) electrons. The molecule has 1 saturated carbocycles. The molecule has 0 unspecified atom stereocenters. The van der Waals surface area contributed by atoms with Crippen molar-refractivity contribution in [2.24, 2.45) is 10.9 Å². The molecule has 2 rings (SSSR count). The maximum absolute atomic E-state index is 8.68. The van der Waals surface area contributed by atoms with E-state index >= 15 is 0 Å². The molecule has 1 fully saturated rings. The van der Waals surface area contributed by atoms with Crippen LogP contribution in [0.5, 0.6) is 0 Å². The third kappa shape index (κ3) is 4.49. The van der Waals surface area contributed by atoms with Gasteiger partial charge in [0, 0.05) is 18.8 Å². The van der Waals surface area contributed by atoms with Gasteiger partial charge in [-0.15, -0.1) is 0 Å². The van der Waals surface area contributed by atoms with Crippen LogP contribution in [0.1, 0.15) is 56.2 Å². The number of oxime groups is 1. The summed E-state index contributed by atoms with van der Waals surface area (Å²) in [6.07, 6.45) is 11.0. The third-order valence-electron chi connectivity index (χ3n) is 3.89. The quantitative estimate of drug-likeness (QED) is 0.341. The highest BCUT2D eigenvalue weighted by molar-refractivity contribution is 5.95. The van der Waals surface area contributed by atoms with Gasteiger partial charge in [-0.1, -0.05) is 37.3 Å². The van der Waals surface area contributed by atoms with Crippen LogP contribution in [-0.2, 0) is 6.54 Å². The van der Waals surface area contributed by atoms with Crippen molar-refractivity contribution in [1.29, 1.82) is 0 Å². The van der Waals surface area contributed by atoms with Crippen molar-refractivity contribution in [3.63, 3.8) is 0 Å². The van der Waals surface area contributed by atoms with Crippen LogP contribution in [0.4, 0.5) is 0 Å². The van der Waals surface area contributed by atoms with Crippen LogP contribution in [0.25, 0.3) is 0 Å². The number of rotatable bonds is 4. The number of amidine groups is 1. The molecular formula is C15H24N4O. The van der Waals surface area contributed by atoms with Gasteiger partial charge in [0.05, 0.1) is 0 Å². The Morgan fingerprint density at radius 3 is 2.70 bits per heavy atom. The van der Waals surface area contributed by atoms with Crippen molar-refractivity contribution in [1.82, 2.24) is 10.3 Å². The number of aromatic nitrogens is 1. The Balaban J connectivity index is 1.89. The number of hydrogen-bond acceptors (Lipinski definition) is 4. The van der Waals surface area contributed by atoms with Crippen LogP contribution >= 0.6 is 0 Å². The first-order valence-corrected chi connectivity index (χ1v) is 7.46. The standard InChI is InChI=1S/C15H24N4O/c16-15(19-20)14-10-12(8-9-17-14)11-18-13-6-4-2-1-3-5-7-13/h8-10,13,18,20H,1-7,11H2,(H2,16,19). The lowest BCUT2D eigenvalue weighted by Crippen LogP contribution is -2.29. The minimum Gasteiger partial charge on any atom is -0.409 e. The van der Waals surface area contributed by atoms with Crippen LogP contribution in [0, 0.1) is 0 Å². The fourth-order valence-electron chi connectivity index (χ4n) is 2.70. The highest BCUT2D eigenvalue weighted by Gasteiger charge is 2.11. The second-order valence-electron chi connectivity index (χ2n) is 5.46. The van der Waals surface area contributed by atoms with Gasteiger partial charge < -0.3 is 16.3 Å². The minimum absolute atomic E-state index is 0.0535. The van der Waals surface area contributed by atoms with Crippen molar-refractivity contribution in [3.8, 4) is 0 Å². The van der Waals surface area contributed by atoms with Gasteiger partial charge >= 0.3 is 0 Å². The number of pyridine rings is 1. The van der Waals surface area contributed by atoms with Gasteiger partial charge in [-0.2, -0.15) is 0 Å². The van der Waals surface area contributed by atoms with E-state index in [9.17, 15) is 0 Å². The summed E-state index contributed by atoms with van der Waals surface area (Å²) in [5.41, 5.74) is 7.19. The number of hydrogen-bond donors (Lipinski definition) is 3. The van der Waals surface area contributed by atoms with Crippen molar-refractivity contribution in [2.45, 2.75) is 57.5 Å². The first kappa shape index (κ1) is 14.8. The molecule has 1 heterocycles. The second-order valence-corrected chi connectivity index (χ2v) is 5.46. The summed E-state index contributed by atoms with van der Waals surface area (Å²) in [5.74, 6) is 0.0535. The molecule has 0 saturated heterocycles. The molecule has 4 N–H and O–H groups in total. The SMILES string of the molecule is NC(=NO)c1cc(CNC2CCCCCCC2)ccn1. The normalized spacial score (nSPS) is 18.5. The molecule has 5 nitrogen and oxygen atoms in total. The van der Waals surface area contributed by atoms with E-state index in [1.807, 2.05) is 12.1 Å². The molecule has 0 atom stereocenters. The summed E-state index contributed by atoms with van der Waals surface area (Å²) in [4.78, 5) is 4.09. The van der Waals surface area contributed by atoms with Gasteiger partial charge in [-0.05, 0) is 30.5 Å². The summed E-state index contributed by atoms with van der Waals surface area (Å²) < 4.78 is 0. The van der Waals surface area contributed by atoms with E-state index in [1.165, 1.54) is 44.9 Å². The Hall–Kier alpha value is -1.62. The van der Waals surface area contributed by atoms with Crippen molar-refractivity contribution >= 4 is 5.84 Å². The molecular weight excluding hydrogens is 252 g/mol. The monoisotopic (exact) mass is 276 g/mol. The van der Waals surface area contributed by atoms with Crippen LogP contribution in [0.2, 0.25) is 0 Å². The van der Waals surface area contributed by atoms with Gasteiger partial charge in [0.2, 0.25) is 0 Å². The fourth-order valence-corrected chi connectivity index (χ4v) is 2.70. The molecule has 0 bridgehead atoms. The molecule has 0 aliphatic heterocycles. The lowest BCUT2D eigenvalue weighted by molar-refractivity contribution is 0.318. The van der Waals surface area contributed by atoms with E-state index in [4.69, 9.17) is 10.9 Å². The largest absolute Gasteiger partial charge is 0.409 e. The smallest absolute Gasteiger partial charge is 0.188 e. The van der Waals surface area contributed by atoms with E-state index in [0.29, 0.717) is 11.7 Å². The van der Waals surface area contributed by atoms with Crippen LogP contribution < -0.4 is 11.1 Å². The Morgan fingerprint density at radius 1 is 1.30 bits per heavy atom. The molecule has 1 aromatic heterocycles. The molecule has 0 amide bonds. The zero-order valence-corrected chi connectivity index (χ0v) is 11.9. The van der Waals surface area contributed by atoms with Crippen molar-refractivity contribution in [3.05, 3.63) is 29.6 Å². The zero-order chi connectivity index (χ0) is 14.2. The van der Waals surface area contributed by atoms with E-state index in [2.05, 4.69) is 15.5 Å². The van der Waals surface area contributed by atoms with Gasteiger partial charge in [0.1, 0.15) is 5.69 Å². The van der Waals surface area contributed by atoms with Gasteiger partial charge in [-0.25, -0.2) is 0 Å². The number of nitrogens with one attached hydrogen (secondary N) is 1. The lowest BCUT2D eigenvalue weighted by Gasteiger charge is -2.21. The maximum atomic E-state index is 8.68. The summed E-state index contributed by atoms with van der Waals surface area (Å²) >= 11 is 0. The zero-order valence-electron chi connectivity index (χ0n) is 11.9. The fraction of sp³-hybridized carbons (Fsp3) is 0.600. The predicted molar refractivity (Wildman–Crippen MR) is 79.7 cm³/mol. The number of nitrogens with two attached hydrogens (primary N) is 1. The first-order valence-electron chi connectivity index (χ1n) is 7.46. The van der Waals surface area contributed by atoms with E-state index in [1.54, 1.807) is 6.20 Å². The van der Waals surface area contributed by atoms with Gasteiger partial charge in [-0.3, -0.25) is 4.98 Å². The second kappa shape index (κ2) is 7.85. The Morgan fingerprint density at radius 2 is 2.00 bits per heavy atom.